The first-order chi connectivity index (χ1) is 14.6. The summed E-state index contributed by atoms with van der Waals surface area (Å²) in [6, 6.07) is 6.59. The van der Waals surface area contributed by atoms with Crippen molar-refractivity contribution in [3.63, 3.8) is 0 Å². The first-order valence-electron chi connectivity index (χ1n) is 9.72. The van der Waals surface area contributed by atoms with E-state index in [9.17, 15) is 13.2 Å². The monoisotopic (exact) mass is 441 g/mol. The predicted octanol–water partition coefficient (Wildman–Crippen LogP) is 2.60. The number of nitrogen functional groups attached to an aromatic ring is 1. The van der Waals surface area contributed by atoms with Gasteiger partial charge in [0.25, 0.3) is 0 Å². The zero-order valence-corrected chi connectivity index (χ0v) is 17.6. The van der Waals surface area contributed by atoms with E-state index in [0.29, 0.717) is 35.1 Å². The van der Waals surface area contributed by atoms with E-state index in [1.54, 1.807) is 38.4 Å². The molecule has 11 heteroatoms. The number of hydrogen-bond donors (Lipinski definition) is 2. The Labute approximate surface area is 178 Å². The molecule has 2 heterocycles. The third-order valence-electron chi connectivity index (χ3n) is 4.91. The van der Waals surface area contributed by atoms with Gasteiger partial charge in [-0.15, -0.1) is 0 Å². The molecule has 3 rings (SSSR count). The van der Waals surface area contributed by atoms with Crippen molar-refractivity contribution < 1.29 is 27.4 Å². The number of halogens is 3. The van der Waals surface area contributed by atoms with Gasteiger partial charge in [-0.05, 0) is 25.1 Å². The molecule has 0 amide bonds. The van der Waals surface area contributed by atoms with E-state index in [-0.39, 0.29) is 31.5 Å². The summed E-state index contributed by atoms with van der Waals surface area (Å²) in [6.07, 6.45) is -6.51. The number of aromatic nitrogens is 2. The Hall–Kier alpha value is -2.79. The van der Waals surface area contributed by atoms with Gasteiger partial charge >= 0.3 is 6.18 Å². The van der Waals surface area contributed by atoms with Crippen molar-refractivity contribution in [2.45, 2.75) is 25.3 Å². The second kappa shape index (κ2) is 9.15. The number of hydrogen-bond acceptors (Lipinski definition) is 7. The third-order valence-corrected chi connectivity index (χ3v) is 4.91. The lowest BCUT2D eigenvalue weighted by Gasteiger charge is -2.33. The number of morpholine rings is 1. The zero-order valence-electron chi connectivity index (χ0n) is 17.6. The van der Waals surface area contributed by atoms with Crippen LogP contribution in [0, 0.1) is 5.41 Å². The molecular weight excluding hydrogens is 415 g/mol. The fraction of sp³-hybridized carbons (Fsp3) is 0.500. The predicted molar refractivity (Wildman–Crippen MR) is 110 cm³/mol. The van der Waals surface area contributed by atoms with Crippen LogP contribution in [0.4, 0.5) is 24.7 Å². The Morgan fingerprint density at radius 3 is 2.81 bits per heavy atom. The minimum atomic E-state index is -4.45. The van der Waals surface area contributed by atoms with Crippen LogP contribution in [0.1, 0.15) is 18.2 Å². The number of ether oxygens (including phenoxy) is 3. The first kappa shape index (κ1) is 22.9. The van der Waals surface area contributed by atoms with Gasteiger partial charge in [-0.2, -0.15) is 18.3 Å². The number of nitrogens with zero attached hydrogens (tertiary/aromatic N) is 3. The van der Waals surface area contributed by atoms with E-state index in [1.807, 2.05) is 6.92 Å². The maximum absolute atomic E-state index is 13.0. The number of nitrogens with one attached hydrogen (secondary N) is 1. The van der Waals surface area contributed by atoms with Crippen LogP contribution >= 0.6 is 0 Å². The summed E-state index contributed by atoms with van der Waals surface area (Å²) < 4.78 is 56.3. The highest BCUT2D eigenvalue weighted by atomic mass is 19.4. The Morgan fingerprint density at radius 1 is 1.39 bits per heavy atom. The Balaban J connectivity index is 1.82. The molecule has 1 aliphatic rings. The second-order valence-electron chi connectivity index (χ2n) is 7.37. The molecule has 0 bridgehead atoms. The quantitative estimate of drug-likeness (QED) is 0.506. The average Bonchev–Trinajstić information content (AvgIpc) is 3.10. The molecule has 31 heavy (non-hydrogen) atoms. The van der Waals surface area contributed by atoms with E-state index >= 15 is 0 Å². The maximum atomic E-state index is 13.0. The molecule has 1 unspecified atom stereocenters. The Bertz CT molecular complexity index is 931. The van der Waals surface area contributed by atoms with Crippen LogP contribution in [0.3, 0.4) is 0 Å². The molecule has 8 nitrogen and oxygen atoms in total. The number of alkyl halides is 3. The number of rotatable bonds is 7. The van der Waals surface area contributed by atoms with Crippen LogP contribution in [0.15, 0.2) is 24.3 Å². The topological polar surface area (TPSA) is 98.6 Å². The summed E-state index contributed by atoms with van der Waals surface area (Å²) in [5, 5.41) is 12.9. The minimum Gasteiger partial charge on any atom is -0.488 e. The van der Waals surface area contributed by atoms with Crippen molar-refractivity contribution in [3.05, 3.63) is 35.5 Å². The lowest BCUT2D eigenvalue weighted by molar-refractivity contribution is -0.221. The molecule has 0 saturated carbocycles. The number of methoxy groups -OCH3 is 1. The molecule has 170 valence electrons. The Kier molecular flexibility index (Phi) is 6.75. The van der Waals surface area contributed by atoms with Gasteiger partial charge in [-0.3, -0.25) is 10.1 Å². The van der Waals surface area contributed by atoms with Crippen molar-refractivity contribution >= 4 is 17.2 Å². The van der Waals surface area contributed by atoms with Crippen LogP contribution in [0.5, 0.6) is 5.75 Å². The third kappa shape index (κ3) is 5.28. The van der Waals surface area contributed by atoms with Gasteiger partial charge in [-0.25, -0.2) is 0 Å². The van der Waals surface area contributed by atoms with E-state index in [2.05, 4.69) is 5.10 Å². The van der Waals surface area contributed by atoms with Gasteiger partial charge in [0, 0.05) is 38.0 Å². The number of anilines is 2. The molecule has 1 aromatic heterocycles. The molecule has 1 aliphatic heterocycles. The van der Waals surface area contributed by atoms with Gasteiger partial charge in [0.05, 0.1) is 31.2 Å². The molecule has 0 radical (unpaired) electrons. The van der Waals surface area contributed by atoms with Crippen molar-refractivity contribution in [2.24, 2.45) is 7.05 Å². The fourth-order valence-electron chi connectivity index (χ4n) is 3.36. The smallest absolute Gasteiger partial charge is 0.416 e. The normalized spacial score (nSPS) is 18.1. The summed E-state index contributed by atoms with van der Waals surface area (Å²) in [7, 11) is 3.21. The Morgan fingerprint density at radius 2 is 2.13 bits per heavy atom. The molecule has 2 atom stereocenters. The van der Waals surface area contributed by atoms with Crippen LogP contribution < -0.4 is 15.4 Å². The van der Waals surface area contributed by atoms with Gasteiger partial charge in [-0.1, -0.05) is 0 Å². The molecule has 3 N–H and O–H groups in total. The molecule has 1 saturated heterocycles. The average molecular weight is 441 g/mol. The van der Waals surface area contributed by atoms with Gasteiger partial charge in [0.2, 0.25) is 0 Å². The molecule has 1 aromatic carbocycles. The number of aryl methyl sites for hydroxylation is 1. The van der Waals surface area contributed by atoms with Crippen molar-refractivity contribution in [1.29, 1.82) is 5.41 Å². The number of benzene rings is 1. The van der Waals surface area contributed by atoms with Crippen molar-refractivity contribution in [1.82, 2.24) is 9.78 Å². The van der Waals surface area contributed by atoms with Gasteiger partial charge < -0.3 is 24.8 Å². The van der Waals surface area contributed by atoms with E-state index < -0.39 is 12.3 Å². The summed E-state index contributed by atoms with van der Waals surface area (Å²) in [5.74, 6) is 0.876. The van der Waals surface area contributed by atoms with Crippen molar-refractivity contribution in [2.75, 3.05) is 44.0 Å². The lowest BCUT2D eigenvalue weighted by atomic mass is 10.0. The molecular formula is C20H26F3N5O3. The first-order valence-corrected chi connectivity index (χ1v) is 9.72. The van der Waals surface area contributed by atoms with Crippen molar-refractivity contribution in [3.8, 4) is 5.75 Å². The highest BCUT2D eigenvalue weighted by Gasteiger charge is 2.43. The second-order valence-corrected chi connectivity index (χ2v) is 7.37. The van der Waals surface area contributed by atoms with E-state index in [4.69, 9.17) is 25.4 Å². The highest BCUT2D eigenvalue weighted by Crippen LogP contribution is 2.29. The van der Waals surface area contributed by atoms with Crippen LogP contribution in [-0.4, -0.2) is 67.3 Å². The summed E-state index contributed by atoms with van der Waals surface area (Å²) in [6.45, 7) is 2.13. The summed E-state index contributed by atoms with van der Waals surface area (Å²) in [4.78, 5) is 1.51. The molecule has 1 fully saturated rings. The summed E-state index contributed by atoms with van der Waals surface area (Å²) >= 11 is 0. The molecule has 2 aromatic rings. The van der Waals surface area contributed by atoms with Gasteiger partial charge in [0.15, 0.2) is 11.9 Å². The maximum Gasteiger partial charge on any atom is 0.416 e. The zero-order chi connectivity index (χ0) is 22.8. The SMILES string of the molecule is COC[C@H](C)Oc1ccc(N)c(C(=N)c2cc(N3CCOC(C(F)(F)F)C3)nn2C)c1. The minimum absolute atomic E-state index is 0.0560. The highest BCUT2D eigenvalue weighted by molar-refractivity contribution is 6.13. The van der Waals surface area contributed by atoms with Gasteiger partial charge in [0.1, 0.15) is 11.9 Å². The number of nitrogens with two attached hydrogens (primary N) is 1. The van der Waals surface area contributed by atoms with E-state index in [0.717, 1.165) is 0 Å². The fourth-order valence-corrected chi connectivity index (χ4v) is 3.36. The standard InChI is InChI=1S/C20H26F3N5O3/c1-12(11-29-3)31-13-4-5-15(24)14(8-13)19(25)16-9-18(26-27(16)2)28-6-7-30-17(10-28)20(21,22)23/h4-5,8-9,12,17,25H,6-7,10-11,24H2,1-3H3/t12-,17?/m0/s1. The molecule has 0 spiro atoms. The summed E-state index contributed by atoms with van der Waals surface area (Å²) in [5.41, 5.74) is 7.40. The molecule has 0 aliphatic carbocycles. The lowest BCUT2D eigenvalue weighted by Crippen LogP contribution is -2.49. The van der Waals surface area contributed by atoms with Crippen LogP contribution in [-0.2, 0) is 16.5 Å². The largest absolute Gasteiger partial charge is 0.488 e. The van der Waals surface area contributed by atoms with Crippen LogP contribution in [0.2, 0.25) is 0 Å². The van der Waals surface area contributed by atoms with Crippen LogP contribution in [0.25, 0.3) is 0 Å². The van der Waals surface area contributed by atoms with E-state index in [1.165, 1.54) is 9.58 Å².